The van der Waals surface area contributed by atoms with Gasteiger partial charge in [-0.25, -0.2) is 9.50 Å². The molecule has 3 heterocycles. The summed E-state index contributed by atoms with van der Waals surface area (Å²) in [7, 11) is 0. The van der Waals surface area contributed by atoms with Crippen LogP contribution in [0.1, 0.15) is 41.8 Å². The molecule has 0 N–H and O–H groups in total. The SMILES string of the molecule is CCCC1SCCN1C(=O)c1nc2nc(C)cc(C)n2n1. The Hall–Kier alpha value is -1.63. The predicted octanol–water partition coefficient (Wildman–Crippen LogP) is 2.06. The Morgan fingerprint density at radius 3 is 3.00 bits per heavy atom. The van der Waals surface area contributed by atoms with Gasteiger partial charge in [-0.3, -0.25) is 4.79 Å². The highest BCUT2D eigenvalue weighted by Gasteiger charge is 2.31. The van der Waals surface area contributed by atoms with Crippen molar-refractivity contribution in [2.75, 3.05) is 12.3 Å². The number of nitrogens with zero attached hydrogens (tertiary/aromatic N) is 5. The van der Waals surface area contributed by atoms with E-state index in [9.17, 15) is 4.79 Å². The summed E-state index contributed by atoms with van der Waals surface area (Å²) >= 11 is 1.84. The maximum Gasteiger partial charge on any atom is 0.294 e. The zero-order valence-corrected chi connectivity index (χ0v) is 13.4. The first-order valence-corrected chi connectivity index (χ1v) is 8.28. The molecule has 1 unspecified atom stereocenters. The van der Waals surface area contributed by atoms with Gasteiger partial charge in [-0.15, -0.1) is 16.9 Å². The molecule has 2 aromatic rings. The van der Waals surface area contributed by atoms with Crippen molar-refractivity contribution in [2.24, 2.45) is 0 Å². The number of aromatic nitrogens is 4. The number of fused-ring (bicyclic) bond motifs is 1. The number of thioether (sulfide) groups is 1. The van der Waals surface area contributed by atoms with E-state index in [4.69, 9.17) is 0 Å². The Labute approximate surface area is 128 Å². The summed E-state index contributed by atoms with van der Waals surface area (Å²) < 4.78 is 1.64. The summed E-state index contributed by atoms with van der Waals surface area (Å²) in [6, 6.07) is 1.93. The maximum absolute atomic E-state index is 12.6. The van der Waals surface area contributed by atoms with Crippen molar-refractivity contribution in [1.29, 1.82) is 0 Å². The molecule has 0 radical (unpaired) electrons. The molecule has 0 spiro atoms. The second-order valence-corrected chi connectivity index (χ2v) is 6.58. The molecule has 0 saturated carbocycles. The van der Waals surface area contributed by atoms with E-state index in [1.54, 1.807) is 4.52 Å². The zero-order valence-electron chi connectivity index (χ0n) is 12.5. The van der Waals surface area contributed by atoms with Gasteiger partial charge in [0.05, 0.1) is 5.37 Å². The van der Waals surface area contributed by atoms with Crippen molar-refractivity contribution in [3.63, 3.8) is 0 Å². The molecule has 112 valence electrons. The largest absolute Gasteiger partial charge is 0.323 e. The van der Waals surface area contributed by atoms with Crippen molar-refractivity contribution in [2.45, 2.75) is 39.0 Å². The topological polar surface area (TPSA) is 63.4 Å². The van der Waals surface area contributed by atoms with Gasteiger partial charge in [0.15, 0.2) is 0 Å². The monoisotopic (exact) mass is 305 g/mol. The lowest BCUT2D eigenvalue weighted by Crippen LogP contribution is -2.35. The Balaban J connectivity index is 1.93. The average Bonchev–Trinajstić information content (AvgIpc) is 3.05. The van der Waals surface area contributed by atoms with Crippen LogP contribution in [0.25, 0.3) is 5.78 Å². The molecule has 1 aliphatic rings. The minimum absolute atomic E-state index is 0.0824. The van der Waals surface area contributed by atoms with E-state index in [0.29, 0.717) is 5.78 Å². The van der Waals surface area contributed by atoms with Gasteiger partial charge in [-0.2, -0.15) is 4.98 Å². The second-order valence-electron chi connectivity index (χ2n) is 5.30. The van der Waals surface area contributed by atoms with E-state index in [1.165, 1.54) is 0 Å². The molecule has 1 amide bonds. The van der Waals surface area contributed by atoms with Crippen molar-refractivity contribution in [3.05, 3.63) is 23.3 Å². The Kier molecular flexibility index (Phi) is 3.84. The molecular formula is C14H19N5OS. The Morgan fingerprint density at radius 1 is 1.43 bits per heavy atom. The summed E-state index contributed by atoms with van der Waals surface area (Å²) in [4.78, 5) is 23.2. The van der Waals surface area contributed by atoms with Gasteiger partial charge in [0.2, 0.25) is 5.82 Å². The molecule has 0 aromatic carbocycles. The van der Waals surface area contributed by atoms with Crippen LogP contribution in [0.15, 0.2) is 6.07 Å². The van der Waals surface area contributed by atoms with E-state index in [1.807, 2.05) is 36.6 Å². The quantitative estimate of drug-likeness (QED) is 0.868. The van der Waals surface area contributed by atoms with Gasteiger partial charge in [0.25, 0.3) is 11.7 Å². The summed E-state index contributed by atoms with van der Waals surface area (Å²) in [6.45, 7) is 6.77. The molecule has 1 fully saturated rings. The summed E-state index contributed by atoms with van der Waals surface area (Å²) in [5.74, 6) is 1.65. The van der Waals surface area contributed by atoms with Crippen LogP contribution in [-0.4, -0.2) is 48.1 Å². The van der Waals surface area contributed by atoms with Crippen LogP contribution in [0.3, 0.4) is 0 Å². The fourth-order valence-corrected chi connectivity index (χ4v) is 3.98. The number of amides is 1. The van der Waals surface area contributed by atoms with E-state index >= 15 is 0 Å². The number of hydrogen-bond donors (Lipinski definition) is 0. The molecule has 0 bridgehead atoms. The summed E-state index contributed by atoms with van der Waals surface area (Å²) in [6.07, 6.45) is 2.08. The van der Waals surface area contributed by atoms with Crippen molar-refractivity contribution in [3.8, 4) is 0 Å². The van der Waals surface area contributed by atoms with Gasteiger partial charge < -0.3 is 4.90 Å². The Bertz CT molecular complexity index is 683. The van der Waals surface area contributed by atoms with E-state index in [2.05, 4.69) is 22.0 Å². The summed E-state index contributed by atoms with van der Waals surface area (Å²) in [5, 5.41) is 4.59. The van der Waals surface area contributed by atoms with Crippen molar-refractivity contribution >= 4 is 23.4 Å². The van der Waals surface area contributed by atoms with Gasteiger partial charge >= 0.3 is 0 Å². The number of rotatable bonds is 3. The van der Waals surface area contributed by atoms with Crippen LogP contribution in [0, 0.1) is 13.8 Å². The lowest BCUT2D eigenvalue weighted by atomic mass is 10.3. The summed E-state index contributed by atoms with van der Waals surface area (Å²) in [5.41, 5.74) is 1.82. The molecule has 1 aliphatic heterocycles. The lowest BCUT2D eigenvalue weighted by Gasteiger charge is -2.21. The van der Waals surface area contributed by atoms with Crippen molar-refractivity contribution < 1.29 is 4.79 Å². The fraction of sp³-hybridized carbons (Fsp3) is 0.571. The van der Waals surface area contributed by atoms with Gasteiger partial charge in [-0.05, 0) is 26.3 Å². The maximum atomic E-state index is 12.6. The first-order chi connectivity index (χ1) is 10.1. The van der Waals surface area contributed by atoms with E-state index in [0.717, 1.165) is 36.5 Å². The number of carbonyl (C=O) groups excluding carboxylic acids is 1. The fourth-order valence-electron chi connectivity index (χ4n) is 2.62. The van der Waals surface area contributed by atoms with Crippen LogP contribution in [0.2, 0.25) is 0 Å². The van der Waals surface area contributed by atoms with Crippen LogP contribution in [0.4, 0.5) is 0 Å². The zero-order chi connectivity index (χ0) is 15.0. The molecule has 0 aliphatic carbocycles. The number of aryl methyl sites for hydroxylation is 2. The first kappa shape index (κ1) is 14.3. The first-order valence-electron chi connectivity index (χ1n) is 7.23. The normalized spacial score (nSPS) is 18.6. The highest BCUT2D eigenvalue weighted by molar-refractivity contribution is 8.00. The molecule has 7 heteroatoms. The van der Waals surface area contributed by atoms with Gasteiger partial charge in [0, 0.05) is 23.7 Å². The lowest BCUT2D eigenvalue weighted by molar-refractivity contribution is 0.0744. The van der Waals surface area contributed by atoms with E-state index < -0.39 is 0 Å². The third-order valence-electron chi connectivity index (χ3n) is 3.60. The average molecular weight is 305 g/mol. The molecule has 2 aromatic heterocycles. The van der Waals surface area contributed by atoms with Crippen LogP contribution >= 0.6 is 11.8 Å². The second kappa shape index (κ2) is 5.63. The molecule has 21 heavy (non-hydrogen) atoms. The van der Waals surface area contributed by atoms with Gasteiger partial charge in [0.1, 0.15) is 0 Å². The predicted molar refractivity (Wildman–Crippen MR) is 82.4 cm³/mol. The number of carbonyl (C=O) groups is 1. The third kappa shape index (κ3) is 2.62. The Morgan fingerprint density at radius 2 is 2.24 bits per heavy atom. The van der Waals surface area contributed by atoms with Crippen LogP contribution in [0.5, 0.6) is 0 Å². The smallest absolute Gasteiger partial charge is 0.294 e. The minimum atomic E-state index is -0.0824. The molecule has 1 atom stereocenters. The molecule has 3 rings (SSSR count). The van der Waals surface area contributed by atoms with E-state index in [-0.39, 0.29) is 17.1 Å². The highest BCUT2D eigenvalue weighted by atomic mass is 32.2. The minimum Gasteiger partial charge on any atom is -0.323 e. The van der Waals surface area contributed by atoms with Crippen LogP contribution < -0.4 is 0 Å². The molecular weight excluding hydrogens is 286 g/mol. The van der Waals surface area contributed by atoms with Crippen molar-refractivity contribution in [1.82, 2.24) is 24.5 Å². The molecule has 6 nitrogen and oxygen atoms in total. The van der Waals surface area contributed by atoms with Crippen LogP contribution in [-0.2, 0) is 0 Å². The number of hydrogen-bond acceptors (Lipinski definition) is 5. The van der Waals surface area contributed by atoms with Gasteiger partial charge in [-0.1, -0.05) is 13.3 Å². The third-order valence-corrected chi connectivity index (χ3v) is 4.89. The highest BCUT2D eigenvalue weighted by Crippen LogP contribution is 2.28. The standard InChI is InChI=1S/C14H19N5OS/c1-4-5-11-18(6-7-21-11)13(20)12-16-14-15-9(2)8-10(3)19(14)17-12/h8,11H,4-7H2,1-3H3. The molecule has 1 saturated heterocycles.